The van der Waals surface area contributed by atoms with E-state index in [0.717, 1.165) is 48.7 Å². The van der Waals surface area contributed by atoms with E-state index in [9.17, 15) is 4.79 Å². The standard InChI is InChI=1S/C24H26N2O4/c1-16-20(25-23(30-16)17-10-12-18(13-11-17)24(27)29-3)15-26-14-6-8-21(26)19-7-4-5-9-22(19)28-2/h4-5,7,9-13,21H,6,8,14-15H2,1-3H3. The van der Waals surface area contributed by atoms with Crippen LogP contribution in [0.2, 0.25) is 0 Å². The molecule has 1 fully saturated rings. The molecular weight excluding hydrogens is 380 g/mol. The normalized spacial score (nSPS) is 16.6. The van der Waals surface area contributed by atoms with Gasteiger partial charge in [-0.3, -0.25) is 4.90 Å². The van der Waals surface area contributed by atoms with Gasteiger partial charge in [-0.05, 0) is 56.6 Å². The molecule has 6 nitrogen and oxygen atoms in total. The second-order valence-electron chi connectivity index (χ2n) is 7.46. The number of ether oxygens (including phenoxy) is 2. The number of benzene rings is 2. The second kappa shape index (κ2) is 8.71. The number of para-hydroxylation sites is 1. The molecule has 0 bridgehead atoms. The number of nitrogens with zero attached hydrogens (tertiary/aromatic N) is 2. The van der Waals surface area contributed by atoms with E-state index < -0.39 is 0 Å². The smallest absolute Gasteiger partial charge is 0.337 e. The molecule has 6 heteroatoms. The Morgan fingerprint density at radius 1 is 1.17 bits per heavy atom. The lowest BCUT2D eigenvalue weighted by atomic mass is 10.0. The molecule has 2 aromatic carbocycles. The molecular formula is C24H26N2O4. The van der Waals surface area contributed by atoms with E-state index in [1.807, 2.05) is 31.2 Å². The maximum atomic E-state index is 11.6. The van der Waals surface area contributed by atoms with Crippen molar-refractivity contribution in [1.29, 1.82) is 0 Å². The van der Waals surface area contributed by atoms with Crippen molar-refractivity contribution < 1.29 is 18.7 Å². The number of likely N-dealkylation sites (tertiary alicyclic amines) is 1. The van der Waals surface area contributed by atoms with Crippen molar-refractivity contribution in [3.05, 3.63) is 71.1 Å². The number of hydrogen-bond donors (Lipinski definition) is 0. The summed E-state index contributed by atoms with van der Waals surface area (Å²) in [5.41, 5.74) is 3.49. The molecule has 1 aliphatic heterocycles. The van der Waals surface area contributed by atoms with E-state index in [1.54, 1.807) is 19.2 Å². The van der Waals surface area contributed by atoms with Gasteiger partial charge in [0.05, 0.1) is 25.5 Å². The first-order chi connectivity index (χ1) is 14.6. The van der Waals surface area contributed by atoms with E-state index in [-0.39, 0.29) is 5.97 Å². The number of rotatable bonds is 6. The Morgan fingerprint density at radius 3 is 2.67 bits per heavy atom. The van der Waals surface area contributed by atoms with Crippen LogP contribution in [-0.4, -0.2) is 36.6 Å². The number of aryl methyl sites for hydroxylation is 1. The van der Waals surface area contributed by atoms with E-state index >= 15 is 0 Å². The third-order valence-corrected chi connectivity index (χ3v) is 5.66. The summed E-state index contributed by atoms with van der Waals surface area (Å²) >= 11 is 0. The van der Waals surface area contributed by atoms with Crippen LogP contribution in [0.1, 0.15) is 46.3 Å². The monoisotopic (exact) mass is 406 g/mol. The van der Waals surface area contributed by atoms with Crippen LogP contribution in [0.4, 0.5) is 0 Å². The minimum Gasteiger partial charge on any atom is -0.496 e. The van der Waals surface area contributed by atoms with Crippen molar-refractivity contribution in [2.45, 2.75) is 32.4 Å². The Bertz CT molecular complexity index is 1030. The first kappa shape index (κ1) is 20.2. The minimum absolute atomic E-state index is 0.306. The second-order valence-corrected chi connectivity index (χ2v) is 7.46. The SMILES string of the molecule is COC(=O)c1ccc(-c2nc(CN3CCCC3c3ccccc3OC)c(C)o2)cc1. The summed E-state index contributed by atoms with van der Waals surface area (Å²) in [6.07, 6.45) is 2.24. The average Bonchev–Trinajstić information content (AvgIpc) is 3.40. The highest BCUT2D eigenvalue weighted by Crippen LogP contribution is 2.38. The maximum Gasteiger partial charge on any atom is 0.337 e. The lowest BCUT2D eigenvalue weighted by Gasteiger charge is -2.25. The summed E-state index contributed by atoms with van der Waals surface area (Å²) in [5.74, 6) is 1.94. The highest BCUT2D eigenvalue weighted by molar-refractivity contribution is 5.89. The fourth-order valence-corrected chi connectivity index (χ4v) is 4.07. The number of aromatic nitrogens is 1. The third-order valence-electron chi connectivity index (χ3n) is 5.66. The molecule has 156 valence electrons. The molecule has 1 aromatic heterocycles. The van der Waals surface area contributed by atoms with Gasteiger partial charge in [0, 0.05) is 23.7 Å². The van der Waals surface area contributed by atoms with Gasteiger partial charge in [0.1, 0.15) is 11.5 Å². The van der Waals surface area contributed by atoms with Gasteiger partial charge in [0.15, 0.2) is 0 Å². The molecule has 0 N–H and O–H groups in total. The van der Waals surface area contributed by atoms with Gasteiger partial charge in [-0.2, -0.15) is 0 Å². The van der Waals surface area contributed by atoms with Crippen LogP contribution in [0.15, 0.2) is 52.9 Å². The molecule has 0 aliphatic carbocycles. The fourth-order valence-electron chi connectivity index (χ4n) is 4.07. The van der Waals surface area contributed by atoms with E-state index in [0.29, 0.717) is 17.5 Å². The van der Waals surface area contributed by atoms with Crippen molar-refractivity contribution in [1.82, 2.24) is 9.88 Å². The minimum atomic E-state index is -0.359. The third kappa shape index (κ3) is 3.96. The van der Waals surface area contributed by atoms with Crippen LogP contribution < -0.4 is 4.74 Å². The topological polar surface area (TPSA) is 64.8 Å². The highest BCUT2D eigenvalue weighted by atomic mass is 16.5. The quantitative estimate of drug-likeness (QED) is 0.549. The zero-order valence-electron chi connectivity index (χ0n) is 17.6. The van der Waals surface area contributed by atoms with Crippen molar-refractivity contribution in [3.63, 3.8) is 0 Å². The summed E-state index contributed by atoms with van der Waals surface area (Å²) in [6, 6.07) is 15.6. The fraction of sp³-hybridized carbons (Fsp3) is 0.333. The first-order valence-electron chi connectivity index (χ1n) is 10.1. The number of hydrogen-bond acceptors (Lipinski definition) is 6. The molecule has 1 atom stereocenters. The van der Waals surface area contributed by atoms with E-state index in [4.69, 9.17) is 18.9 Å². The van der Waals surface area contributed by atoms with Crippen LogP contribution in [0.5, 0.6) is 5.75 Å². The Kier molecular flexibility index (Phi) is 5.86. The van der Waals surface area contributed by atoms with Gasteiger partial charge in [0.25, 0.3) is 0 Å². The Morgan fingerprint density at radius 2 is 1.93 bits per heavy atom. The number of esters is 1. The van der Waals surface area contributed by atoms with Gasteiger partial charge < -0.3 is 13.9 Å². The Balaban J connectivity index is 1.54. The maximum absolute atomic E-state index is 11.6. The van der Waals surface area contributed by atoms with Gasteiger partial charge in [0.2, 0.25) is 5.89 Å². The first-order valence-corrected chi connectivity index (χ1v) is 10.1. The number of oxazole rings is 1. The molecule has 3 aromatic rings. The molecule has 1 unspecified atom stereocenters. The molecule has 30 heavy (non-hydrogen) atoms. The van der Waals surface area contributed by atoms with Crippen molar-refractivity contribution in [3.8, 4) is 17.2 Å². The molecule has 0 saturated carbocycles. The summed E-state index contributed by atoms with van der Waals surface area (Å²) in [7, 11) is 3.09. The molecule has 4 rings (SSSR count). The largest absolute Gasteiger partial charge is 0.496 e. The summed E-state index contributed by atoms with van der Waals surface area (Å²) in [6.45, 7) is 3.68. The van der Waals surface area contributed by atoms with Crippen molar-refractivity contribution in [2.75, 3.05) is 20.8 Å². The molecule has 0 radical (unpaired) electrons. The van der Waals surface area contributed by atoms with E-state index in [2.05, 4.69) is 17.0 Å². The van der Waals surface area contributed by atoms with Gasteiger partial charge in [-0.25, -0.2) is 9.78 Å². The molecule has 0 spiro atoms. The van der Waals surface area contributed by atoms with Crippen LogP contribution in [-0.2, 0) is 11.3 Å². The van der Waals surface area contributed by atoms with Crippen LogP contribution in [0.3, 0.4) is 0 Å². The molecule has 1 aliphatic rings. The van der Waals surface area contributed by atoms with Crippen molar-refractivity contribution in [2.24, 2.45) is 0 Å². The summed E-state index contributed by atoms with van der Waals surface area (Å²) in [4.78, 5) is 18.8. The Hall–Kier alpha value is -3.12. The summed E-state index contributed by atoms with van der Waals surface area (Å²) < 4.78 is 16.3. The lowest BCUT2D eigenvalue weighted by molar-refractivity contribution is 0.0600. The summed E-state index contributed by atoms with van der Waals surface area (Å²) in [5, 5.41) is 0. The number of methoxy groups -OCH3 is 2. The molecule has 2 heterocycles. The molecule has 1 saturated heterocycles. The average molecular weight is 406 g/mol. The van der Waals surface area contributed by atoms with Gasteiger partial charge in [-0.1, -0.05) is 18.2 Å². The van der Waals surface area contributed by atoms with Crippen LogP contribution in [0, 0.1) is 6.92 Å². The lowest BCUT2D eigenvalue weighted by Crippen LogP contribution is -2.23. The highest BCUT2D eigenvalue weighted by Gasteiger charge is 2.29. The van der Waals surface area contributed by atoms with Gasteiger partial charge in [-0.15, -0.1) is 0 Å². The molecule has 0 amide bonds. The predicted molar refractivity (Wildman–Crippen MR) is 113 cm³/mol. The Labute approximate surface area is 176 Å². The van der Waals surface area contributed by atoms with Gasteiger partial charge >= 0.3 is 5.97 Å². The van der Waals surface area contributed by atoms with Crippen LogP contribution >= 0.6 is 0 Å². The zero-order valence-corrected chi connectivity index (χ0v) is 17.6. The number of carbonyl (C=O) groups is 1. The van der Waals surface area contributed by atoms with Crippen LogP contribution in [0.25, 0.3) is 11.5 Å². The number of carbonyl (C=O) groups excluding carboxylic acids is 1. The predicted octanol–water partition coefficient (Wildman–Crippen LogP) is 4.78. The zero-order chi connectivity index (χ0) is 21.1. The van der Waals surface area contributed by atoms with Crippen molar-refractivity contribution >= 4 is 5.97 Å². The van der Waals surface area contributed by atoms with E-state index in [1.165, 1.54) is 12.7 Å².